The van der Waals surface area contributed by atoms with Gasteiger partial charge in [0.2, 0.25) is 5.91 Å². The van der Waals surface area contributed by atoms with E-state index in [1.54, 1.807) is 18.2 Å². The number of carboxylic acids is 1. The number of hydrogen-bond acceptors (Lipinski definition) is 3. The van der Waals surface area contributed by atoms with E-state index in [1.165, 1.54) is 0 Å². The summed E-state index contributed by atoms with van der Waals surface area (Å²) in [4.78, 5) is 34.8. The molecular formula is C18H24ClN3O4. The number of nitrogens with one attached hydrogen (secondary N) is 3. The van der Waals surface area contributed by atoms with Crippen LogP contribution in [0.5, 0.6) is 0 Å². The summed E-state index contributed by atoms with van der Waals surface area (Å²) in [5, 5.41) is 17.7. The number of rotatable bonds is 6. The van der Waals surface area contributed by atoms with Crippen LogP contribution in [0, 0.1) is 5.92 Å². The minimum atomic E-state index is -0.776. The zero-order chi connectivity index (χ0) is 19.1. The highest BCUT2D eigenvalue weighted by Gasteiger charge is 2.26. The summed E-state index contributed by atoms with van der Waals surface area (Å²) in [6, 6.07) is 4.43. The third-order valence-corrected chi connectivity index (χ3v) is 4.72. The van der Waals surface area contributed by atoms with Gasteiger partial charge in [0.15, 0.2) is 0 Å². The molecule has 0 heterocycles. The van der Waals surface area contributed by atoms with Crippen LogP contribution in [0.3, 0.4) is 0 Å². The minimum absolute atomic E-state index is 0.0585. The Balaban J connectivity index is 1.90. The highest BCUT2D eigenvalue weighted by Crippen LogP contribution is 2.27. The molecule has 0 saturated heterocycles. The van der Waals surface area contributed by atoms with Crippen molar-refractivity contribution in [2.24, 2.45) is 5.92 Å². The molecule has 2 rings (SSSR count). The van der Waals surface area contributed by atoms with Crippen molar-refractivity contribution in [3.63, 3.8) is 0 Å². The highest BCUT2D eigenvalue weighted by atomic mass is 35.5. The Morgan fingerprint density at radius 3 is 2.46 bits per heavy atom. The van der Waals surface area contributed by atoms with Crippen LogP contribution in [0.15, 0.2) is 18.2 Å². The molecule has 7 nitrogen and oxygen atoms in total. The molecule has 142 valence electrons. The van der Waals surface area contributed by atoms with Crippen molar-refractivity contribution >= 4 is 40.9 Å². The Kier molecular flexibility index (Phi) is 7.26. The summed E-state index contributed by atoms with van der Waals surface area (Å²) in [7, 11) is 0. The van der Waals surface area contributed by atoms with Crippen LogP contribution in [-0.4, -0.2) is 29.1 Å². The SMILES string of the molecule is CCCC(=O)Nc1ccc(Cl)c(NC(=O)NC2CCC(C(=O)O)CC2)c1. The average Bonchev–Trinajstić information content (AvgIpc) is 2.58. The first-order valence-corrected chi connectivity index (χ1v) is 9.16. The lowest BCUT2D eigenvalue weighted by Crippen LogP contribution is -2.41. The van der Waals surface area contributed by atoms with E-state index in [1.807, 2.05) is 6.92 Å². The molecule has 0 unspecified atom stereocenters. The van der Waals surface area contributed by atoms with Crippen LogP contribution in [-0.2, 0) is 9.59 Å². The van der Waals surface area contributed by atoms with Crippen LogP contribution < -0.4 is 16.0 Å². The first-order chi connectivity index (χ1) is 12.4. The van der Waals surface area contributed by atoms with Gasteiger partial charge in [-0.15, -0.1) is 0 Å². The number of halogens is 1. The number of aliphatic carboxylic acids is 1. The molecule has 1 fully saturated rings. The second kappa shape index (κ2) is 9.43. The molecule has 3 amide bonds. The van der Waals surface area contributed by atoms with Gasteiger partial charge in [-0.25, -0.2) is 4.79 Å². The Hall–Kier alpha value is -2.28. The van der Waals surface area contributed by atoms with Crippen molar-refractivity contribution in [3.05, 3.63) is 23.2 Å². The number of carboxylic acid groups (broad SMARTS) is 1. The Bertz CT molecular complexity index is 672. The quantitative estimate of drug-likeness (QED) is 0.600. The van der Waals surface area contributed by atoms with Crippen molar-refractivity contribution in [1.82, 2.24) is 5.32 Å². The second-order valence-electron chi connectivity index (χ2n) is 6.48. The Morgan fingerprint density at radius 2 is 1.85 bits per heavy atom. The van der Waals surface area contributed by atoms with E-state index < -0.39 is 12.0 Å². The molecule has 4 N–H and O–H groups in total. The van der Waals surface area contributed by atoms with Crippen LogP contribution in [0.4, 0.5) is 16.2 Å². The summed E-state index contributed by atoms with van der Waals surface area (Å²) in [5.41, 5.74) is 0.961. The fourth-order valence-electron chi connectivity index (χ4n) is 2.98. The zero-order valence-corrected chi connectivity index (χ0v) is 15.4. The smallest absolute Gasteiger partial charge is 0.319 e. The number of amides is 3. The summed E-state index contributed by atoms with van der Waals surface area (Å²) in [6.45, 7) is 1.92. The Morgan fingerprint density at radius 1 is 1.15 bits per heavy atom. The maximum Gasteiger partial charge on any atom is 0.319 e. The van der Waals surface area contributed by atoms with Crippen LogP contribution in [0.2, 0.25) is 5.02 Å². The van der Waals surface area contributed by atoms with E-state index in [4.69, 9.17) is 16.7 Å². The summed E-state index contributed by atoms with van der Waals surface area (Å²) >= 11 is 6.11. The number of hydrogen-bond donors (Lipinski definition) is 4. The first kappa shape index (κ1) is 20.0. The van der Waals surface area contributed by atoms with Crippen molar-refractivity contribution in [2.75, 3.05) is 10.6 Å². The maximum absolute atomic E-state index is 12.2. The first-order valence-electron chi connectivity index (χ1n) is 8.78. The van der Waals surface area contributed by atoms with Crippen LogP contribution in [0.25, 0.3) is 0 Å². The molecule has 0 bridgehead atoms. The highest BCUT2D eigenvalue weighted by molar-refractivity contribution is 6.33. The largest absolute Gasteiger partial charge is 0.481 e. The van der Waals surface area contributed by atoms with E-state index in [9.17, 15) is 14.4 Å². The third kappa shape index (κ3) is 5.91. The van der Waals surface area contributed by atoms with E-state index in [2.05, 4.69) is 16.0 Å². The maximum atomic E-state index is 12.2. The molecule has 8 heteroatoms. The summed E-state index contributed by atoms with van der Waals surface area (Å²) in [6.07, 6.45) is 3.54. The third-order valence-electron chi connectivity index (χ3n) is 4.39. The van der Waals surface area contributed by atoms with Gasteiger partial charge in [-0.1, -0.05) is 18.5 Å². The summed E-state index contributed by atoms with van der Waals surface area (Å²) in [5.74, 6) is -1.20. The molecule has 0 aromatic heterocycles. The molecule has 1 aliphatic rings. The summed E-state index contributed by atoms with van der Waals surface area (Å²) < 4.78 is 0. The number of urea groups is 1. The van der Waals surface area contributed by atoms with Gasteiger partial charge < -0.3 is 21.1 Å². The van der Waals surface area contributed by atoms with Gasteiger partial charge in [-0.3, -0.25) is 9.59 Å². The number of benzene rings is 1. The molecule has 1 saturated carbocycles. The fourth-order valence-corrected chi connectivity index (χ4v) is 3.14. The van der Waals surface area contributed by atoms with E-state index in [-0.39, 0.29) is 17.9 Å². The van der Waals surface area contributed by atoms with Gasteiger partial charge in [-0.2, -0.15) is 0 Å². The van der Waals surface area contributed by atoms with Crippen molar-refractivity contribution in [1.29, 1.82) is 0 Å². The lowest BCUT2D eigenvalue weighted by atomic mass is 9.86. The van der Waals surface area contributed by atoms with Gasteiger partial charge in [0.05, 0.1) is 16.6 Å². The molecule has 26 heavy (non-hydrogen) atoms. The predicted octanol–water partition coefficient (Wildman–Crippen LogP) is 3.84. The van der Waals surface area contributed by atoms with E-state index in [0.717, 1.165) is 6.42 Å². The van der Waals surface area contributed by atoms with Gasteiger partial charge in [0, 0.05) is 18.2 Å². The van der Waals surface area contributed by atoms with Crippen LogP contribution >= 0.6 is 11.6 Å². The molecule has 1 aliphatic carbocycles. The predicted molar refractivity (Wildman–Crippen MR) is 101 cm³/mol. The monoisotopic (exact) mass is 381 g/mol. The van der Waals surface area contributed by atoms with Gasteiger partial charge in [0.25, 0.3) is 0 Å². The molecule has 0 radical (unpaired) electrons. The molecule has 0 aliphatic heterocycles. The van der Waals surface area contributed by atoms with Gasteiger partial charge >= 0.3 is 12.0 Å². The molecule has 0 atom stereocenters. The molecule has 0 spiro atoms. The van der Waals surface area contributed by atoms with Crippen molar-refractivity contribution < 1.29 is 19.5 Å². The molecular weight excluding hydrogens is 358 g/mol. The van der Waals surface area contributed by atoms with Gasteiger partial charge in [-0.05, 0) is 50.3 Å². The lowest BCUT2D eigenvalue weighted by molar-refractivity contribution is -0.142. The number of anilines is 2. The minimum Gasteiger partial charge on any atom is -0.481 e. The topological polar surface area (TPSA) is 108 Å². The fraction of sp³-hybridized carbons (Fsp3) is 0.500. The normalized spacial score (nSPS) is 19.5. The lowest BCUT2D eigenvalue weighted by Gasteiger charge is -2.26. The molecule has 1 aromatic rings. The van der Waals surface area contributed by atoms with Crippen molar-refractivity contribution in [2.45, 2.75) is 51.5 Å². The second-order valence-corrected chi connectivity index (χ2v) is 6.89. The standard InChI is InChI=1S/C18H24ClN3O4/c1-2-3-16(23)20-13-8-9-14(19)15(10-13)22-18(26)21-12-6-4-11(5-7-12)17(24)25/h8-12H,2-7H2,1H3,(H,20,23)(H,24,25)(H2,21,22,26). The van der Waals surface area contributed by atoms with Gasteiger partial charge in [0.1, 0.15) is 0 Å². The zero-order valence-electron chi connectivity index (χ0n) is 14.7. The van der Waals surface area contributed by atoms with E-state index >= 15 is 0 Å². The Labute approximate surface area is 157 Å². The van der Waals surface area contributed by atoms with Crippen LogP contribution in [0.1, 0.15) is 45.4 Å². The number of carbonyl (C=O) groups is 3. The van der Waals surface area contributed by atoms with Crippen molar-refractivity contribution in [3.8, 4) is 0 Å². The molecule has 1 aromatic carbocycles. The average molecular weight is 382 g/mol. The van der Waals surface area contributed by atoms with E-state index in [0.29, 0.717) is 48.5 Å². The number of carbonyl (C=O) groups excluding carboxylic acids is 2.